The summed E-state index contributed by atoms with van der Waals surface area (Å²) in [4.78, 5) is 14.6. The van der Waals surface area contributed by atoms with E-state index in [1.165, 1.54) is 7.05 Å². The normalized spacial score (nSPS) is 11.0. The number of rotatable bonds is 5. The van der Waals surface area contributed by atoms with Crippen LogP contribution in [-0.2, 0) is 4.79 Å². The van der Waals surface area contributed by atoms with Gasteiger partial charge < -0.3 is 22.5 Å². The van der Waals surface area contributed by atoms with E-state index in [1.807, 2.05) is 0 Å². The van der Waals surface area contributed by atoms with E-state index in [-0.39, 0.29) is 55.9 Å². The van der Waals surface area contributed by atoms with Crippen LogP contribution in [0.3, 0.4) is 0 Å². The first-order valence-corrected chi connectivity index (χ1v) is 4.06. The van der Waals surface area contributed by atoms with Gasteiger partial charge in [-0.25, -0.2) is 0 Å². The van der Waals surface area contributed by atoms with Crippen LogP contribution in [-0.4, -0.2) is 31.5 Å². The second kappa shape index (κ2) is 9.69. The Morgan fingerprint density at radius 3 is 2.57 bits per heavy atom. The van der Waals surface area contributed by atoms with Crippen molar-refractivity contribution in [2.24, 2.45) is 16.5 Å². The molecule has 0 saturated carbocycles. The number of nitrogens with zero attached hydrogens (tertiary/aromatic N) is 1. The fourth-order valence-corrected chi connectivity index (χ4v) is 0.809. The molecule has 0 aromatic heterocycles. The first-order chi connectivity index (χ1) is 6.07. The van der Waals surface area contributed by atoms with Gasteiger partial charge in [-0.05, 0) is 6.42 Å². The molecule has 79 valence electrons. The van der Waals surface area contributed by atoms with Crippen molar-refractivity contribution in [1.82, 2.24) is 5.32 Å². The molecule has 0 heterocycles. The third-order valence-corrected chi connectivity index (χ3v) is 1.51. The third kappa shape index (κ3) is 8.73. The number of nitrogens with two attached hydrogens (primary N) is 2. The minimum atomic E-state index is -0.723. The summed E-state index contributed by atoms with van der Waals surface area (Å²) in [7, 11) is 1.51. The minimum absolute atomic E-state index is 0. The average Bonchev–Trinajstić information content (AvgIpc) is 2.10. The quantitative estimate of drug-likeness (QED) is 0.312. The summed E-state index contributed by atoms with van der Waals surface area (Å²) in [6, 6.07) is -0.723. The first-order valence-electron chi connectivity index (χ1n) is 4.06. The summed E-state index contributed by atoms with van der Waals surface area (Å²) in [5.74, 6) is -0.230. The van der Waals surface area contributed by atoms with Gasteiger partial charge in [-0.3, -0.25) is 9.79 Å². The molecule has 1 unspecified atom stereocenters. The molecule has 1 amide bonds. The second-order valence-electron chi connectivity index (χ2n) is 2.62. The molecule has 0 rings (SSSR count). The van der Waals surface area contributed by atoms with Gasteiger partial charge in [0.2, 0.25) is 5.91 Å². The maximum atomic E-state index is 10.9. The van der Waals surface area contributed by atoms with Gasteiger partial charge in [0.1, 0.15) is 0 Å². The van der Waals surface area contributed by atoms with Gasteiger partial charge in [-0.15, -0.1) is 0 Å². The standard InChI is InChI=1S/C7H16N5O.Ac/c1-11-6(13)5(8)3-2-4-12-7(9)10;/h5,8H,2-4H2,1H3,(H,11,13)(H4,9,10,12);/q-1;. The van der Waals surface area contributed by atoms with E-state index in [2.05, 4.69) is 10.3 Å². The maximum absolute atomic E-state index is 10.9. The molecule has 0 aliphatic heterocycles. The summed E-state index contributed by atoms with van der Waals surface area (Å²) >= 11 is 0. The van der Waals surface area contributed by atoms with Gasteiger partial charge in [0.15, 0.2) is 5.96 Å². The van der Waals surface area contributed by atoms with Crippen LogP contribution in [0.4, 0.5) is 0 Å². The summed E-state index contributed by atoms with van der Waals surface area (Å²) in [6.45, 7) is 0.467. The number of hydrogen-bond acceptors (Lipinski definition) is 2. The van der Waals surface area contributed by atoms with Crippen molar-refractivity contribution in [3.05, 3.63) is 5.73 Å². The number of likely N-dealkylation sites (N-methyl/N-ethyl adjacent to an activating group) is 1. The zero-order valence-corrected chi connectivity index (χ0v) is 13.0. The van der Waals surface area contributed by atoms with E-state index in [1.54, 1.807) is 0 Å². The average molecular weight is 413 g/mol. The van der Waals surface area contributed by atoms with Crippen LogP contribution in [0.2, 0.25) is 0 Å². The number of carbonyl (C=O) groups is 1. The Balaban J connectivity index is 0. The molecule has 6 N–H and O–H groups in total. The molecule has 1 atom stereocenters. The number of aliphatic imine (C=N–C) groups is 1. The number of nitrogens with one attached hydrogen (secondary N) is 2. The van der Waals surface area contributed by atoms with Gasteiger partial charge in [0, 0.05) is 57.7 Å². The molecular formula is C7H16AcN5O-. The molecule has 0 fully saturated rings. The van der Waals surface area contributed by atoms with Gasteiger partial charge >= 0.3 is 0 Å². The van der Waals surface area contributed by atoms with Crippen molar-refractivity contribution in [1.29, 1.82) is 0 Å². The van der Waals surface area contributed by atoms with Gasteiger partial charge in [0.25, 0.3) is 0 Å². The van der Waals surface area contributed by atoms with Crippen LogP contribution in [0, 0.1) is 44.1 Å². The second-order valence-corrected chi connectivity index (χ2v) is 2.62. The Hall–Kier alpha value is 0.142. The van der Waals surface area contributed by atoms with Crippen LogP contribution in [0.5, 0.6) is 0 Å². The molecule has 14 heavy (non-hydrogen) atoms. The largest absolute Gasteiger partial charge is 0.667 e. The van der Waals surface area contributed by atoms with Gasteiger partial charge in [-0.1, -0.05) is 12.5 Å². The monoisotopic (exact) mass is 413 g/mol. The predicted molar refractivity (Wildman–Crippen MR) is 52.1 cm³/mol. The molecule has 0 aromatic rings. The maximum Gasteiger partial charge on any atom is 0.201 e. The Morgan fingerprint density at radius 2 is 2.14 bits per heavy atom. The van der Waals surface area contributed by atoms with E-state index in [9.17, 15) is 4.79 Å². The van der Waals surface area contributed by atoms with E-state index in [0.29, 0.717) is 19.4 Å². The van der Waals surface area contributed by atoms with Crippen molar-refractivity contribution in [3.63, 3.8) is 0 Å². The van der Waals surface area contributed by atoms with Crippen LogP contribution >= 0.6 is 0 Å². The van der Waals surface area contributed by atoms with E-state index in [4.69, 9.17) is 17.2 Å². The van der Waals surface area contributed by atoms with Crippen LogP contribution in [0.15, 0.2) is 4.99 Å². The molecular weight excluding hydrogens is 397 g/mol. The van der Waals surface area contributed by atoms with Crippen LogP contribution in [0.25, 0.3) is 5.73 Å². The van der Waals surface area contributed by atoms with E-state index < -0.39 is 6.04 Å². The summed E-state index contributed by atoms with van der Waals surface area (Å²) in [5, 5.41) is 2.40. The summed E-state index contributed by atoms with van der Waals surface area (Å²) in [6.07, 6.45) is 1.11. The SMILES string of the molecule is CNC(=O)C([NH-])CCCN=C(N)N.[Ac]. The zero-order chi connectivity index (χ0) is 10.3. The Bertz CT molecular complexity index is 193. The fraction of sp³-hybridized carbons (Fsp3) is 0.714. The third-order valence-electron chi connectivity index (χ3n) is 1.51. The molecule has 0 saturated heterocycles. The first kappa shape index (κ1) is 16.6. The molecule has 0 spiro atoms. The zero-order valence-electron chi connectivity index (χ0n) is 8.29. The summed E-state index contributed by atoms with van der Waals surface area (Å²) in [5.41, 5.74) is 17.5. The minimum Gasteiger partial charge on any atom is -0.667 e. The number of guanidine groups is 1. The van der Waals surface area contributed by atoms with Crippen molar-refractivity contribution in [3.8, 4) is 0 Å². The molecule has 7 heteroatoms. The molecule has 0 aliphatic carbocycles. The Labute approximate surface area is 120 Å². The van der Waals surface area contributed by atoms with Gasteiger partial charge in [-0.2, -0.15) is 0 Å². The Kier molecular flexibility index (Phi) is 11.5. The fourth-order valence-electron chi connectivity index (χ4n) is 0.809. The molecule has 0 aliphatic rings. The molecule has 0 bridgehead atoms. The topological polar surface area (TPSA) is 117 Å². The van der Waals surface area contributed by atoms with Crippen LogP contribution in [0.1, 0.15) is 12.8 Å². The van der Waals surface area contributed by atoms with Gasteiger partial charge in [0.05, 0.1) is 0 Å². The predicted octanol–water partition coefficient (Wildman–Crippen LogP) is -0.793. The number of hydrogen-bond donors (Lipinski definition) is 3. The number of carbonyl (C=O) groups excluding carboxylic acids is 1. The van der Waals surface area contributed by atoms with E-state index in [0.717, 1.165) is 0 Å². The molecule has 6 nitrogen and oxygen atoms in total. The van der Waals surface area contributed by atoms with Crippen molar-refractivity contribution in [2.45, 2.75) is 18.9 Å². The van der Waals surface area contributed by atoms with Crippen molar-refractivity contribution in [2.75, 3.05) is 13.6 Å². The Morgan fingerprint density at radius 1 is 1.57 bits per heavy atom. The van der Waals surface area contributed by atoms with Crippen molar-refractivity contribution < 1.29 is 48.9 Å². The van der Waals surface area contributed by atoms with E-state index >= 15 is 0 Å². The number of amides is 1. The van der Waals surface area contributed by atoms with Crippen LogP contribution < -0.4 is 16.8 Å². The van der Waals surface area contributed by atoms with Crippen molar-refractivity contribution >= 4 is 11.9 Å². The molecule has 1 radical (unpaired) electrons. The molecule has 0 aromatic carbocycles. The summed E-state index contributed by atoms with van der Waals surface area (Å²) < 4.78 is 0. The smallest absolute Gasteiger partial charge is 0.201 e.